The molecule has 0 aliphatic carbocycles. The van der Waals surface area contributed by atoms with Gasteiger partial charge in [0.05, 0.1) is 7.11 Å². The summed E-state index contributed by atoms with van der Waals surface area (Å²) in [7, 11) is 2.62. The topological polar surface area (TPSA) is 46.6 Å². The third-order valence-electron chi connectivity index (χ3n) is 2.04. The molecule has 0 bridgehead atoms. The molecule has 86 valence electrons. The lowest BCUT2D eigenvalue weighted by atomic mass is 10.2. The number of hydrogen-bond acceptors (Lipinski definition) is 3. The Morgan fingerprint density at radius 2 is 1.88 bits per heavy atom. The van der Waals surface area contributed by atoms with Gasteiger partial charge in [-0.15, -0.1) is 0 Å². The quantitative estimate of drug-likeness (QED) is 0.556. The molecule has 1 amide bonds. The van der Waals surface area contributed by atoms with E-state index in [1.54, 1.807) is 12.1 Å². The van der Waals surface area contributed by atoms with Crippen molar-refractivity contribution in [2.45, 2.75) is 6.54 Å². The highest BCUT2D eigenvalue weighted by Crippen LogP contribution is 2.05. The van der Waals surface area contributed by atoms with Gasteiger partial charge in [-0.25, -0.2) is 9.18 Å². The molecule has 0 heterocycles. The van der Waals surface area contributed by atoms with Crippen molar-refractivity contribution in [2.24, 2.45) is 0 Å². The summed E-state index contributed by atoms with van der Waals surface area (Å²) in [5.41, 5.74) is 0.737. The lowest BCUT2D eigenvalue weighted by Gasteiger charge is -2.15. The highest BCUT2D eigenvalue weighted by Gasteiger charge is 2.18. The minimum atomic E-state index is -0.912. The van der Waals surface area contributed by atoms with Crippen molar-refractivity contribution >= 4 is 11.9 Å². The summed E-state index contributed by atoms with van der Waals surface area (Å²) in [6.07, 6.45) is 0. The Balaban J connectivity index is 2.64. The van der Waals surface area contributed by atoms with E-state index in [1.807, 2.05) is 0 Å². The van der Waals surface area contributed by atoms with Gasteiger partial charge in [-0.2, -0.15) is 0 Å². The number of rotatable bonds is 2. The molecule has 4 nitrogen and oxygen atoms in total. The second kappa shape index (κ2) is 5.25. The summed E-state index contributed by atoms with van der Waals surface area (Å²) >= 11 is 0. The van der Waals surface area contributed by atoms with Crippen molar-refractivity contribution in [1.82, 2.24) is 4.90 Å². The van der Waals surface area contributed by atoms with Crippen molar-refractivity contribution in [3.8, 4) is 0 Å². The molecule has 0 aliphatic rings. The summed E-state index contributed by atoms with van der Waals surface area (Å²) in [5, 5.41) is 0. The third kappa shape index (κ3) is 3.05. The molecule has 5 heteroatoms. The first kappa shape index (κ1) is 12.2. The zero-order valence-corrected chi connectivity index (χ0v) is 9.07. The highest BCUT2D eigenvalue weighted by atomic mass is 19.1. The minimum absolute atomic E-state index is 0.230. The van der Waals surface area contributed by atoms with Gasteiger partial charge in [0.2, 0.25) is 0 Å². The maximum atomic E-state index is 12.6. The van der Waals surface area contributed by atoms with E-state index >= 15 is 0 Å². The molecule has 0 radical (unpaired) electrons. The van der Waals surface area contributed by atoms with E-state index in [1.165, 1.54) is 24.1 Å². The Morgan fingerprint density at radius 1 is 1.31 bits per heavy atom. The molecular weight excluding hydrogens is 213 g/mol. The number of ether oxygens (including phenoxy) is 1. The standard InChI is InChI=1S/C11H12FNO3/c1-13(10(14)11(15)16-2)7-8-3-5-9(12)6-4-8/h3-6H,7H2,1-2H3. The van der Waals surface area contributed by atoms with Crippen molar-refractivity contribution in [1.29, 1.82) is 0 Å². The molecule has 0 spiro atoms. The first-order chi connectivity index (χ1) is 7.54. The summed E-state index contributed by atoms with van der Waals surface area (Å²) in [6.45, 7) is 0.230. The summed E-state index contributed by atoms with van der Waals surface area (Å²) in [5.74, 6) is -1.98. The number of nitrogens with zero attached hydrogens (tertiary/aromatic N) is 1. The normalized spacial score (nSPS) is 9.69. The van der Waals surface area contributed by atoms with Crippen molar-refractivity contribution in [3.63, 3.8) is 0 Å². The molecule has 16 heavy (non-hydrogen) atoms. The predicted octanol–water partition coefficient (Wildman–Crippen LogP) is 0.957. The van der Waals surface area contributed by atoms with Gasteiger partial charge in [-0.3, -0.25) is 4.79 Å². The summed E-state index contributed by atoms with van der Waals surface area (Å²) in [6, 6.07) is 5.70. The first-order valence-corrected chi connectivity index (χ1v) is 4.62. The van der Waals surface area contributed by atoms with Gasteiger partial charge in [-0.1, -0.05) is 12.1 Å². The van der Waals surface area contributed by atoms with Crippen LogP contribution in [-0.4, -0.2) is 30.9 Å². The van der Waals surface area contributed by atoms with E-state index in [4.69, 9.17) is 0 Å². The number of benzene rings is 1. The largest absolute Gasteiger partial charge is 0.462 e. The molecule has 1 aromatic carbocycles. The Bertz CT molecular complexity index is 389. The summed E-state index contributed by atoms with van der Waals surface area (Å²) < 4.78 is 16.9. The van der Waals surface area contributed by atoms with Gasteiger partial charge in [0.1, 0.15) is 5.82 Å². The molecule has 0 N–H and O–H groups in total. The van der Waals surface area contributed by atoms with Crippen LogP contribution >= 0.6 is 0 Å². The molecule has 1 aromatic rings. The van der Waals surface area contributed by atoms with E-state index in [0.717, 1.165) is 12.7 Å². The van der Waals surface area contributed by atoms with Gasteiger partial charge in [0, 0.05) is 13.6 Å². The number of hydrogen-bond donors (Lipinski definition) is 0. The van der Waals surface area contributed by atoms with Crippen molar-refractivity contribution < 1.29 is 18.7 Å². The van der Waals surface area contributed by atoms with Crippen LogP contribution in [0.15, 0.2) is 24.3 Å². The highest BCUT2D eigenvalue weighted by molar-refractivity contribution is 6.32. The van der Waals surface area contributed by atoms with Gasteiger partial charge >= 0.3 is 11.9 Å². The van der Waals surface area contributed by atoms with Gasteiger partial charge in [0.25, 0.3) is 0 Å². The molecule has 1 rings (SSSR count). The number of likely N-dealkylation sites (N-methyl/N-ethyl adjacent to an activating group) is 1. The maximum Gasteiger partial charge on any atom is 0.396 e. The summed E-state index contributed by atoms with van der Waals surface area (Å²) in [4.78, 5) is 23.5. The number of carbonyl (C=O) groups excluding carboxylic acids is 2. The third-order valence-corrected chi connectivity index (χ3v) is 2.04. The molecule has 0 saturated carbocycles. The van der Waals surface area contributed by atoms with Gasteiger partial charge < -0.3 is 9.64 Å². The van der Waals surface area contributed by atoms with E-state index in [0.29, 0.717) is 0 Å². The Hall–Kier alpha value is -1.91. The average molecular weight is 225 g/mol. The lowest BCUT2D eigenvalue weighted by molar-refractivity contribution is -0.157. The monoisotopic (exact) mass is 225 g/mol. The Labute approximate surface area is 92.6 Å². The molecule has 0 atom stereocenters. The molecule has 0 unspecified atom stereocenters. The second-order valence-corrected chi connectivity index (χ2v) is 3.28. The zero-order chi connectivity index (χ0) is 12.1. The van der Waals surface area contributed by atoms with Crippen LogP contribution in [0.25, 0.3) is 0 Å². The maximum absolute atomic E-state index is 12.6. The molecular formula is C11H12FNO3. The Kier molecular flexibility index (Phi) is 3.99. The SMILES string of the molecule is COC(=O)C(=O)N(C)Cc1ccc(F)cc1. The molecule has 0 saturated heterocycles. The fourth-order valence-corrected chi connectivity index (χ4v) is 1.18. The number of esters is 1. The smallest absolute Gasteiger partial charge is 0.396 e. The minimum Gasteiger partial charge on any atom is -0.462 e. The van der Waals surface area contributed by atoms with Crippen LogP contribution in [0, 0.1) is 5.82 Å². The van der Waals surface area contributed by atoms with Crippen LogP contribution in [0.5, 0.6) is 0 Å². The molecule has 0 aromatic heterocycles. The van der Waals surface area contributed by atoms with Crippen molar-refractivity contribution in [2.75, 3.05) is 14.2 Å². The van der Waals surface area contributed by atoms with Crippen LogP contribution < -0.4 is 0 Å². The molecule has 0 aliphatic heterocycles. The van der Waals surface area contributed by atoms with Crippen LogP contribution in [0.2, 0.25) is 0 Å². The fourth-order valence-electron chi connectivity index (χ4n) is 1.18. The van der Waals surface area contributed by atoms with Gasteiger partial charge in [0.15, 0.2) is 0 Å². The van der Waals surface area contributed by atoms with E-state index < -0.39 is 11.9 Å². The lowest BCUT2D eigenvalue weighted by Crippen LogP contribution is -2.33. The first-order valence-electron chi connectivity index (χ1n) is 4.62. The Morgan fingerprint density at radius 3 is 2.38 bits per heavy atom. The fraction of sp³-hybridized carbons (Fsp3) is 0.273. The van der Waals surface area contributed by atoms with E-state index in [9.17, 15) is 14.0 Å². The number of carbonyl (C=O) groups is 2. The van der Waals surface area contributed by atoms with Crippen LogP contribution in [0.4, 0.5) is 4.39 Å². The second-order valence-electron chi connectivity index (χ2n) is 3.28. The van der Waals surface area contributed by atoms with Gasteiger partial charge in [-0.05, 0) is 17.7 Å². The molecule has 0 fully saturated rings. The average Bonchev–Trinajstić information content (AvgIpc) is 2.30. The predicted molar refractivity (Wildman–Crippen MR) is 54.9 cm³/mol. The number of methoxy groups -OCH3 is 1. The number of amides is 1. The number of halogens is 1. The van der Waals surface area contributed by atoms with E-state index in [2.05, 4.69) is 4.74 Å². The van der Waals surface area contributed by atoms with Crippen molar-refractivity contribution in [3.05, 3.63) is 35.6 Å². The van der Waals surface area contributed by atoms with Crippen LogP contribution in [-0.2, 0) is 20.9 Å². The van der Waals surface area contributed by atoms with E-state index in [-0.39, 0.29) is 12.4 Å². The van der Waals surface area contributed by atoms with Crippen LogP contribution in [0.1, 0.15) is 5.56 Å². The zero-order valence-electron chi connectivity index (χ0n) is 9.07. The van der Waals surface area contributed by atoms with Crippen LogP contribution in [0.3, 0.4) is 0 Å².